The minimum absolute atomic E-state index is 0.0440. The molecule has 0 fully saturated rings. The topological polar surface area (TPSA) is 110 Å². The van der Waals surface area contributed by atoms with Gasteiger partial charge in [0.2, 0.25) is 0 Å². The van der Waals surface area contributed by atoms with Crippen LogP contribution >= 0.6 is 95.6 Å². The van der Waals surface area contributed by atoms with Crippen LogP contribution in [0.1, 0.15) is 20.7 Å². The summed E-state index contributed by atoms with van der Waals surface area (Å²) < 4.78 is 48.7. The summed E-state index contributed by atoms with van der Waals surface area (Å²) >= 11 is 19.6. The Labute approximate surface area is 244 Å². The predicted octanol–water partition coefficient (Wildman–Crippen LogP) is 7.60. The summed E-state index contributed by atoms with van der Waals surface area (Å²) in [4.78, 5) is 24.7. The summed E-state index contributed by atoms with van der Waals surface area (Å²) in [5, 5.41) is 0. The molecule has 0 N–H and O–H groups in total. The van der Waals surface area contributed by atoms with Crippen LogP contribution in [0.5, 0.6) is 11.5 Å². The number of ether oxygens (including phenoxy) is 2. The molecule has 3 aromatic carbocycles. The fraction of sp³-hybridized carbons (Fsp3) is 0. The Morgan fingerprint density at radius 1 is 0.676 bits per heavy atom. The van der Waals surface area contributed by atoms with Gasteiger partial charge >= 0.3 is 11.9 Å². The number of hydrogen-bond donors (Lipinski definition) is 0. The summed E-state index contributed by atoms with van der Waals surface area (Å²) in [6.45, 7) is 0. The third-order valence-electron chi connectivity index (χ3n) is 4.02. The van der Waals surface area contributed by atoms with Gasteiger partial charge in [0.1, 0.15) is 15.9 Å². The summed E-state index contributed by atoms with van der Waals surface area (Å²) in [6, 6.07) is 9.40. The third kappa shape index (κ3) is 6.58. The Balaban J connectivity index is 2.00. The van der Waals surface area contributed by atoms with Gasteiger partial charge < -0.3 is 14.0 Å². The van der Waals surface area contributed by atoms with E-state index in [1.54, 1.807) is 24.3 Å². The molecule has 0 bridgehead atoms. The van der Waals surface area contributed by atoms with Crippen molar-refractivity contribution in [3.8, 4) is 11.5 Å². The zero-order chi connectivity index (χ0) is 25.4. The molecule has 34 heavy (non-hydrogen) atoms. The van der Waals surface area contributed by atoms with Crippen molar-refractivity contribution in [2.75, 3.05) is 0 Å². The smallest absolute Gasteiger partial charge is 0.345 e. The molecule has 0 aliphatic carbocycles. The molecule has 3 aromatic rings. The number of halogens is 6. The highest BCUT2D eigenvalue weighted by Crippen LogP contribution is 2.35. The highest BCUT2D eigenvalue weighted by molar-refractivity contribution is 9.12. The Morgan fingerprint density at radius 3 is 1.50 bits per heavy atom. The van der Waals surface area contributed by atoms with Gasteiger partial charge in [-0.2, -0.15) is 0 Å². The quantitative estimate of drug-likeness (QED) is 0.148. The SMILES string of the molecule is O=C(Oc1ccc(S(=O)(=O)[O-])c(OC(=O)c2c(Br)cc(Br)cc2Br)c1)c1c(Br)cc(Br)cc1Br. The lowest BCUT2D eigenvalue weighted by molar-refractivity contribution is 0.0727. The van der Waals surface area contributed by atoms with Gasteiger partial charge in [0.25, 0.3) is 0 Å². The zero-order valence-electron chi connectivity index (χ0n) is 16.1. The Bertz CT molecular complexity index is 1390. The van der Waals surface area contributed by atoms with E-state index in [-0.39, 0.29) is 16.9 Å². The van der Waals surface area contributed by atoms with Gasteiger partial charge in [-0.05, 0) is 100 Å². The van der Waals surface area contributed by atoms with E-state index in [1.165, 1.54) is 0 Å². The average Bonchev–Trinajstić information content (AvgIpc) is 2.65. The highest BCUT2D eigenvalue weighted by Gasteiger charge is 2.23. The predicted molar refractivity (Wildman–Crippen MR) is 143 cm³/mol. The molecule has 3 rings (SSSR count). The van der Waals surface area contributed by atoms with E-state index in [2.05, 4.69) is 95.6 Å². The molecule has 0 aromatic heterocycles. The second-order valence-corrected chi connectivity index (χ2v) is 12.9. The molecule has 0 heterocycles. The maximum atomic E-state index is 12.8. The van der Waals surface area contributed by atoms with Crippen LogP contribution in [0.15, 0.2) is 74.2 Å². The largest absolute Gasteiger partial charge is 0.744 e. The maximum absolute atomic E-state index is 12.8. The Kier molecular flexibility index (Phi) is 9.21. The second kappa shape index (κ2) is 11.2. The first-order valence-electron chi connectivity index (χ1n) is 8.61. The molecular formula is C20H7Br6O7S-. The first-order valence-corrected chi connectivity index (χ1v) is 14.8. The Morgan fingerprint density at radius 2 is 1.09 bits per heavy atom. The molecule has 14 heteroatoms. The van der Waals surface area contributed by atoms with E-state index >= 15 is 0 Å². The number of benzene rings is 3. The van der Waals surface area contributed by atoms with Gasteiger partial charge in [0.05, 0.1) is 16.0 Å². The van der Waals surface area contributed by atoms with E-state index < -0.39 is 32.7 Å². The molecule has 0 aliphatic heterocycles. The molecule has 0 saturated heterocycles. The van der Waals surface area contributed by atoms with Crippen molar-refractivity contribution in [3.05, 3.63) is 80.4 Å². The van der Waals surface area contributed by atoms with Gasteiger partial charge in [-0.25, -0.2) is 18.0 Å². The minimum Gasteiger partial charge on any atom is -0.744 e. The second-order valence-electron chi connectivity index (χ2n) is 6.33. The van der Waals surface area contributed by atoms with Gasteiger partial charge in [-0.15, -0.1) is 0 Å². The maximum Gasteiger partial charge on any atom is 0.345 e. The van der Waals surface area contributed by atoms with E-state index in [1.807, 2.05) is 0 Å². The molecule has 178 valence electrons. The normalized spacial score (nSPS) is 11.3. The van der Waals surface area contributed by atoms with E-state index in [0.717, 1.165) is 18.2 Å². The molecule has 0 aliphatic rings. The van der Waals surface area contributed by atoms with Crippen molar-refractivity contribution in [2.45, 2.75) is 4.90 Å². The molecule has 0 atom stereocenters. The summed E-state index contributed by atoms with van der Waals surface area (Å²) in [5.74, 6) is -2.51. The van der Waals surface area contributed by atoms with Crippen molar-refractivity contribution in [1.29, 1.82) is 0 Å². The molecule has 0 unspecified atom stereocenters. The van der Waals surface area contributed by atoms with Crippen molar-refractivity contribution < 1.29 is 32.0 Å². The first-order chi connectivity index (χ1) is 15.8. The van der Waals surface area contributed by atoms with Gasteiger partial charge in [0.15, 0.2) is 5.75 Å². The van der Waals surface area contributed by atoms with Gasteiger partial charge in [0, 0.05) is 32.9 Å². The van der Waals surface area contributed by atoms with Crippen LogP contribution in [0.25, 0.3) is 0 Å². The number of rotatable bonds is 5. The van der Waals surface area contributed by atoms with Gasteiger partial charge in [-0.1, -0.05) is 31.9 Å². The monoisotopic (exact) mass is 865 g/mol. The van der Waals surface area contributed by atoms with Crippen LogP contribution in [-0.2, 0) is 10.1 Å². The first kappa shape index (κ1) is 28.0. The lowest BCUT2D eigenvalue weighted by Gasteiger charge is -2.16. The summed E-state index contributed by atoms with van der Waals surface area (Å²) in [7, 11) is -5.02. The van der Waals surface area contributed by atoms with Crippen LogP contribution in [0.3, 0.4) is 0 Å². The van der Waals surface area contributed by atoms with Crippen LogP contribution < -0.4 is 9.47 Å². The standard InChI is InChI=1S/C20H8Br6O7S/c21-8-3-11(23)17(12(24)4-8)19(27)32-10-1-2-16(34(29,30)31)15(7-10)33-20(28)18-13(25)5-9(22)6-14(18)26/h1-7H,(H,29,30,31)/p-1. The van der Waals surface area contributed by atoms with Crippen LogP contribution in [0.2, 0.25) is 0 Å². The van der Waals surface area contributed by atoms with Crippen molar-refractivity contribution in [1.82, 2.24) is 0 Å². The van der Waals surface area contributed by atoms with Crippen LogP contribution in [0, 0.1) is 0 Å². The number of esters is 2. The lowest BCUT2D eigenvalue weighted by atomic mass is 10.2. The van der Waals surface area contributed by atoms with E-state index in [4.69, 9.17) is 9.47 Å². The van der Waals surface area contributed by atoms with Gasteiger partial charge in [-0.3, -0.25) is 0 Å². The molecule has 0 amide bonds. The minimum atomic E-state index is -5.02. The van der Waals surface area contributed by atoms with E-state index in [9.17, 15) is 22.6 Å². The van der Waals surface area contributed by atoms with Crippen LogP contribution in [-0.4, -0.2) is 24.9 Å². The lowest BCUT2D eigenvalue weighted by Crippen LogP contribution is -2.14. The number of carbonyl (C=O) groups is 2. The molecule has 0 radical (unpaired) electrons. The fourth-order valence-electron chi connectivity index (χ4n) is 2.62. The highest BCUT2D eigenvalue weighted by atomic mass is 79.9. The van der Waals surface area contributed by atoms with Crippen LogP contribution in [0.4, 0.5) is 0 Å². The number of carbonyl (C=O) groups excluding carboxylic acids is 2. The van der Waals surface area contributed by atoms with Crippen molar-refractivity contribution >= 4 is 118 Å². The molecule has 0 spiro atoms. The summed E-state index contributed by atoms with van der Waals surface area (Å²) in [6.07, 6.45) is 0. The molecular weight excluding hydrogens is 864 g/mol. The zero-order valence-corrected chi connectivity index (χ0v) is 26.4. The van der Waals surface area contributed by atoms with Crippen molar-refractivity contribution in [3.63, 3.8) is 0 Å². The van der Waals surface area contributed by atoms with E-state index in [0.29, 0.717) is 26.8 Å². The molecule has 0 saturated carbocycles. The average molecular weight is 871 g/mol. The fourth-order valence-corrected chi connectivity index (χ4v) is 8.37. The van der Waals surface area contributed by atoms with Crippen molar-refractivity contribution in [2.24, 2.45) is 0 Å². The number of hydrogen-bond acceptors (Lipinski definition) is 7. The third-order valence-corrected chi connectivity index (χ3v) is 8.31. The summed E-state index contributed by atoms with van der Waals surface area (Å²) in [5.41, 5.74) is 0.201. The Hall–Kier alpha value is -0.610. The molecule has 7 nitrogen and oxygen atoms in total.